The van der Waals surface area contributed by atoms with Gasteiger partial charge in [-0.25, -0.2) is 14.3 Å². The van der Waals surface area contributed by atoms with Crippen LogP contribution in [0.2, 0.25) is 0 Å². The number of alkyl halides is 2. The zero-order valence-corrected chi connectivity index (χ0v) is 13.4. The van der Waals surface area contributed by atoms with Gasteiger partial charge in [0.1, 0.15) is 5.69 Å². The molecule has 1 fully saturated rings. The molecule has 2 aromatic heterocycles. The lowest BCUT2D eigenvalue weighted by Gasteiger charge is -2.09. The van der Waals surface area contributed by atoms with Crippen LogP contribution in [-0.4, -0.2) is 50.7 Å². The number of aromatic nitrogens is 5. The Morgan fingerprint density at radius 2 is 2.29 bits per heavy atom. The van der Waals surface area contributed by atoms with Gasteiger partial charge in [0.25, 0.3) is 0 Å². The second-order valence-corrected chi connectivity index (χ2v) is 5.56. The highest BCUT2D eigenvalue weighted by Gasteiger charge is 2.26. The Morgan fingerprint density at radius 1 is 1.50 bits per heavy atom. The quantitative estimate of drug-likeness (QED) is 0.881. The monoisotopic (exact) mass is 340 g/mol. The number of halogens is 2. The summed E-state index contributed by atoms with van der Waals surface area (Å²) in [5.74, 6) is 0.461. The van der Waals surface area contributed by atoms with Gasteiger partial charge < -0.3 is 10.1 Å². The molecule has 1 N–H and O–H groups in total. The summed E-state index contributed by atoms with van der Waals surface area (Å²) in [6.45, 7) is -0.118. The molecule has 1 saturated heterocycles. The molecule has 0 spiro atoms. The Hall–Kier alpha value is -2.36. The van der Waals surface area contributed by atoms with Crippen LogP contribution in [0, 0.1) is 6.92 Å². The smallest absolute Gasteiger partial charge is 0.333 e. The van der Waals surface area contributed by atoms with Crippen molar-refractivity contribution in [2.75, 3.05) is 20.3 Å². The van der Waals surface area contributed by atoms with Crippen molar-refractivity contribution in [1.82, 2.24) is 29.9 Å². The van der Waals surface area contributed by atoms with Crippen LogP contribution in [0.5, 0.6) is 0 Å². The summed E-state index contributed by atoms with van der Waals surface area (Å²) in [5, 5.41) is 10.8. The lowest BCUT2D eigenvalue weighted by atomic mass is 10.2. The molecule has 130 valence electrons. The highest BCUT2D eigenvalue weighted by atomic mass is 19.3. The van der Waals surface area contributed by atoms with Crippen LogP contribution in [0.25, 0.3) is 11.5 Å². The van der Waals surface area contributed by atoms with Gasteiger partial charge in [0, 0.05) is 19.3 Å². The molecule has 2 aromatic rings. The summed E-state index contributed by atoms with van der Waals surface area (Å²) in [5.41, 5.74) is 0.625. The Labute approximate surface area is 136 Å². The Balaban J connectivity index is 2.00. The first kappa shape index (κ1) is 16.5. The van der Waals surface area contributed by atoms with Gasteiger partial charge >= 0.3 is 6.55 Å². The van der Waals surface area contributed by atoms with Crippen LogP contribution < -0.4 is 5.32 Å². The molecular formula is C14H18F2N6O2. The number of likely N-dealkylation sites (N-methyl/N-ethyl adjacent to an activating group) is 1. The molecule has 0 aromatic carbocycles. The summed E-state index contributed by atoms with van der Waals surface area (Å²) in [6, 6.07) is 1.48. The lowest BCUT2D eigenvalue weighted by molar-refractivity contribution is -0.120. The van der Waals surface area contributed by atoms with Crippen molar-refractivity contribution in [3.8, 4) is 11.5 Å². The number of hydrogen-bond donors (Lipinski definition) is 1. The number of carbonyl (C=O) groups excluding carboxylic acids is 1. The van der Waals surface area contributed by atoms with E-state index in [1.54, 1.807) is 11.6 Å². The molecule has 1 aliphatic rings. The van der Waals surface area contributed by atoms with Gasteiger partial charge in [0.05, 0.1) is 19.1 Å². The summed E-state index contributed by atoms with van der Waals surface area (Å²) >= 11 is 0. The van der Waals surface area contributed by atoms with Crippen LogP contribution in [0.4, 0.5) is 8.78 Å². The van der Waals surface area contributed by atoms with E-state index in [0.29, 0.717) is 40.9 Å². The van der Waals surface area contributed by atoms with Crippen molar-refractivity contribution in [3.63, 3.8) is 0 Å². The molecule has 1 aliphatic heterocycles. The first-order valence-electron chi connectivity index (χ1n) is 7.58. The van der Waals surface area contributed by atoms with Gasteiger partial charge in [-0.3, -0.25) is 4.79 Å². The molecule has 1 unspecified atom stereocenters. The minimum Gasteiger partial charge on any atom is -0.379 e. The van der Waals surface area contributed by atoms with Crippen LogP contribution in [-0.2, 0) is 16.0 Å². The Bertz CT molecular complexity index is 736. The van der Waals surface area contributed by atoms with Crippen LogP contribution in [0.15, 0.2) is 6.07 Å². The molecule has 0 bridgehead atoms. The molecule has 24 heavy (non-hydrogen) atoms. The van der Waals surface area contributed by atoms with Crippen LogP contribution >= 0.6 is 0 Å². The number of carbonyl (C=O) groups is 1. The zero-order chi connectivity index (χ0) is 17.3. The fourth-order valence-corrected chi connectivity index (χ4v) is 2.61. The van der Waals surface area contributed by atoms with Gasteiger partial charge in [0.15, 0.2) is 11.6 Å². The third kappa shape index (κ3) is 3.14. The largest absolute Gasteiger partial charge is 0.379 e. The first-order valence-corrected chi connectivity index (χ1v) is 7.58. The van der Waals surface area contributed by atoms with E-state index in [2.05, 4.69) is 20.5 Å². The maximum atomic E-state index is 13.0. The molecule has 3 heterocycles. The maximum absolute atomic E-state index is 13.0. The number of aryl methyl sites for hydroxylation is 1. The van der Waals surface area contributed by atoms with Crippen LogP contribution in [0.3, 0.4) is 0 Å². The molecule has 8 nitrogen and oxygen atoms in total. The van der Waals surface area contributed by atoms with E-state index in [0.717, 1.165) is 6.42 Å². The second-order valence-electron chi connectivity index (χ2n) is 5.56. The molecule has 3 rings (SSSR count). The number of ether oxygens (including phenoxy) is 1. The highest BCUT2D eigenvalue weighted by molar-refractivity contribution is 5.77. The lowest BCUT2D eigenvalue weighted by Crippen LogP contribution is -2.21. The minimum absolute atomic E-state index is 0.0125. The number of nitrogens with one attached hydrogen (secondary N) is 1. The Kier molecular flexibility index (Phi) is 4.56. The van der Waals surface area contributed by atoms with Gasteiger partial charge in [-0.05, 0) is 19.4 Å². The molecule has 1 atom stereocenters. The second kappa shape index (κ2) is 6.63. The van der Waals surface area contributed by atoms with Gasteiger partial charge in [-0.1, -0.05) is 0 Å². The third-order valence-corrected chi connectivity index (χ3v) is 3.86. The summed E-state index contributed by atoms with van der Waals surface area (Å²) in [4.78, 5) is 15.9. The normalized spacial score (nSPS) is 17.6. The van der Waals surface area contributed by atoms with Crippen LogP contribution in [0.1, 0.15) is 30.5 Å². The number of nitrogens with zero attached hydrogens (tertiary/aromatic N) is 5. The topological polar surface area (TPSA) is 86.9 Å². The van der Waals surface area contributed by atoms with E-state index in [1.807, 2.05) is 0 Å². The molecule has 10 heteroatoms. The van der Waals surface area contributed by atoms with Crippen molar-refractivity contribution in [2.24, 2.45) is 0 Å². The SMILES string of the molecule is CNC(=O)Cc1nc(-c2cc(C)n(C(F)F)n2)n(C2CCOC2)n1. The zero-order valence-electron chi connectivity index (χ0n) is 13.4. The van der Waals surface area contributed by atoms with E-state index < -0.39 is 6.55 Å². The van der Waals surface area contributed by atoms with E-state index in [4.69, 9.17) is 4.74 Å². The minimum atomic E-state index is -2.73. The molecule has 0 radical (unpaired) electrons. The average Bonchev–Trinajstić information content (AvgIpc) is 3.25. The van der Waals surface area contributed by atoms with E-state index in [9.17, 15) is 13.6 Å². The standard InChI is InChI=1S/C14H18F2N6O2/c1-8-5-10(19-21(8)14(15)16)13-18-11(6-12(23)17-2)20-22(13)9-3-4-24-7-9/h5,9,14H,3-4,6-7H2,1-2H3,(H,17,23). The fraction of sp³-hybridized carbons (Fsp3) is 0.571. The molecule has 0 saturated carbocycles. The van der Waals surface area contributed by atoms with E-state index in [1.165, 1.54) is 13.1 Å². The average molecular weight is 340 g/mol. The van der Waals surface area contributed by atoms with Gasteiger partial charge in [-0.15, -0.1) is 0 Å². The van der Waals surface area contributed by atoms with Crippen molar-refractivity contribution in [1.29, 1.82) is 0 Å². The first-order chi connectivity index (χ1) is 11.5. The van der Waals surface area contributed by atoms with Crippen molar-refractivity contribution in [3.05, 3.63) is 17.6 Å². The predicted octanol–water partition coefficient (Wildman–Crippen LogP) is 1.10. The third-order valence-electron chi connectivity index (χ3n) is 3.86. The molecule has 0 aliphatic carbocycles. The number of rotatable bonds is 5. The molecular weight excluding hydrogens is 322 g/mol. The van der Waals surface area contributed by atoms with E-state index in [-0.39, 0.29) is 18.4 Å². The van der Waals surface area contributed by atoms with Crippen molar-refractivity contribution in [2.45, 2.75) is 32.4 Å². The summed E-state index contributed by atoms with van der Waals surface area (Å²) < 4.78 is 33.6. The van der Waals surface area contributed by atoms with Gasteiger partial charge in [-0.2, -0.15) is 19.0 Å². The van der Waals surface area contributed by atoms with Crippen molar-refractivity contribution < 1.29 is 18.3 Å². The Morgan fingerprint density at radius 3 is 2.88 bits per heavy atom. The number of hydrogen-bond acceptors (Lipinski definition) is 5. The highest BCUT2D eigenvalue weighted by Crippen LogP contribution is 2.27. The molecule has 1 amide bonds. The maximum Gasteiger partial charge on any atom is 0.333 e. The summed E-state index contributed by atoms with van der Waals surface area (Å²) in [6.07, 6.45) is 0.753. The fourth-order valence-electron chi connectivity index (χ4n) is 2.61. The predicted molar refractivity (Wildman–Crippen MR) is 79.5 cm³/mol. The van der Waals surface area contributed by atoms with Crippen molar-refractivity contribution >= 4 is 5.91 Å². The summed E-state index contributed by atoms with van der Waals surface area (Å²) in [7, 11) is 1.53. The van der Waals surface area contributed by atoms with Gasteiger partial charge in [0.2, 0.25) is 5.91 Å². The number of amides is 1. The van der Waals surface area contributed by atoms with E-state index >= 15 is 0 Å².